The molecule has 2 aromatic carbocycles. The zero-order valence-electron chi connectivity index (χ0n) is 26.2. The molecule has 0 saturated heterocycles. The molecule has 0 aliphatic rings. The highest BCUT2D eigenvalue weighted by Gasteiger charge is 2.38. The number of terminal acetylenes is 1. The highest BCUT2D eigenvalue weighted by Crippen LogP contribution is 2.28. The number of alkyl carbamates (subject to hydrolysis) is 1. The van der Waals surface area contributed by atoms with Crippen molar-refractivity contribution in [2.45, 2.75) is 104 Å². The number of nitrogens with zero attached hydrogens (tertiary/aromatic N) is 1. The Morgan fingerprint density at radius 3 is 2.21 bits per heavy atom. The standard InChI is InChI=1S/C35H49N3O4/c1-8-11-12-13-19-24-38(33(40)30(26(4)9-2)37-34(41)42-35(5,6)7)31(29-23-18-17-22-28(29)10-3)32(39)36-25-27-20-15-14-16-21-27/h3,14-18,20-23,26,30-31H,8-9,11-13,19,24-25H2,1-2,4-7H3,(H,36,39)(H,37,41). The second-order valence-electron chi connectivity index (χ2n) is 11.8. The number of rotatable bonds is 15. The molecular formula is C35H49N3O4. The Hall–Kier alpha value is -3.79. The lowest BCUT2D eigenvalue weighted by Gasteiger charge is -2.36. The molecule has 42 heavy (non-hydrogen) atoms. The normalized spacial score (nSPS) is 13.3. The largest absolute Gasteiger partial charge is 0.444 e. The van der Waals surface area contributed by atoms with Crippen LogP contribution in [-0.4, -0.2) is 41.0 Å². The highest BCUT2D eigenvalue weighted by atomic mass is 16.6. The van der Waals surface area contributed by atoms with Gasteiger partial charge in [0.05, 0.1) is 0 Å². The van der Waals surface area contributed by atoms with Gasteiger partial charge in [0.15, 0.2) is 0 Å². The summed E-state index contributed by atoms with van der Waals surface area (Å²) in [5.74, 6) is 1.83. The molecule has 0 radical (unpaired) electrons. The molecule has 2 rings (SSSR count). The number of benzene rings is 2. The van der Waals surface area contributed by atoms with E-state index in [4.69, 9.17) is 11.2 Å². The quantitative estimate of drug-likeness (QED) is 0.181. The van der Waals surface area contributed by atoms with E-state index in [1.165, 1.54) is 0 Å². The van der Waals surface area contributed by atoms with Gasteiger partial charge in [-0.2, -0.15) is 0 Å². The van der Waals surface area contributed by atoms with Crippen LogP contribution >= 0.6 is 0 Å². The van der Waals surface area contributed by atoms with Gasteiger partial charge in [-0.25, -0.2) is 4.79 Å². The van der Waals surface area contributed by atoms with E-state index in [9.17, 15) is 14.4 Å². The average molecular weight is 576 g/mol. The number of nitrogens with one attached hydrogen (secondary N) is 2. The summed E-state index contributed by atoms with van der Waals surface area (Å²) in [6, 6.07) is 15.0. The van der Waals surface area contributed by atoms with Gasteiger partial charge < -0.3 is 20.3 Å². The molecule has 3 unspecified atom stereocenters. The second-order valence-corrected chi connectivity index (χ2v) is 11.8. The molecule has 0 bridgehead atoms. The molecular weight excluding hydrogens is 526 g/mol. The van der Waals surface area contributed by atoms with E-state index in [2.05, 4.69) is 23.5 Å². The molecule has 3 atom stereocenters. The average Bonchev–Trinajstić information content (AvgIpc) is 2.97. The van der Waals surface area contributed by atoms with Crippen molar-refractivity contribution in [2.24, 2.45) is 5.92 Å². The van der Waals surface area contributed by atoms with Crippen LogP contribution in [0.4, 0.5) is 4.79 Å². The monoisotopic (exact) mass is 575 g/mol. The van der Waals surface area contributed by atoms with Crippen molar-refractivity contribution in [3.8, 4) is 12.3 Å². The molecule has 0 heterocycles. The van der Waals surface area contributed by atoms with Crippen molar-refractivity contribution in [2.75, 3.05) is 6.54 Å². The second kappa shape index (κ2) is 17.2. The first-order chi connectivity index (χ1) is 20.0. The topological polar surface area (TPSA) is 87.7 Å². The Bertz CT molecular complexity index is 1180. The predicted octanol–water partition coefficient (Wildman–Crippen LogP) is 6.76. The van der Waals surface area contributed by atoms with Crippen molar-refractivity contribution in [1.29, 1.82) is 0 Å². The number of carbonyl (C=O) groups excluding carboxylic acids is 3. The van der Waals surface area contributed by atoms with Gasteiger partial charge in [-0.15, -0.1) is 6.42 Å². The van der Waals surface area contributed by atoms with Crippen LogP contribution in [0.25, 0.3) is 0 Å². The Labute approximate surface area is 252 Å². The summed E-state index contributed by atoms with van der Waals surface area (Å²) >= 11 is 0. The van der Waals surface area contributed by atoms with E-state index in [0.29, 0.717) is 37.1 Å². The summed E-state index contributed by atoms with van der Waals surface area (Å²) < 4.78 is 5.51. The smallest absolute Gasteiger partial charge is 0.408 e. The van der Waals surface area contributed by atoms with Gasteiger partial charge in [-0.1, -0.05) is 107 Å². The molecule has 2 N–H and O–H groups in total. The van der Waals surface area contributed by atoms with E-state index in [1.54, 1.807) is 37.8 Å². The first-order valence-electron chi connectivity index (χ1n) is 15.2. The maximum Gasteiger partial charge on any atom is 0.408 e. The predicted molar refractivity (Wildman–Crippen MR) is 168 cm³/mol. The number of amides is 3. The number of unbranched alkanes of at least 4 members (excludes halogenated alkanes) is 4. The van der Waals surface area contributed by atoms with Crippen molar-refractivity contribution in [3.63, 3.8) is 0 Å². The summed E-state index contributed by atoms with van der Waals surface area (Å²) in [4.78, 5) is 43.0. The molecule has 0 fully saturated rings. The lowest BCUT2D eigenvalue weighted by molar-refractivity contribution is -0.143. The minimum absolute atomic E-state index is 0.205. The highest BCUT2D eigenvalue weighted by molar-refractivity contribution is 5.92. The summed E-state index contributed by atoms with van der Waals surface area (Å²) in [5.41, 5.74) is 1.34. The maximum absolute atomic E-state index is 14.5. The Kier molecular flexibility index (Phi) is 14.1. The first-order valence-corrected chi connectivity index (χ1v) is 15.2. The third-order valence-corrected chi connectivity index (χ3v) is 7.22. The zero-order chi connectivity index (χ0) is 31.1. The van der Waals surface area contributed by atoms with Gasteiger partial charge in [0, 0.05) is 18.7 Å². The fourth-order valence-electron chi connectivity index (χ4n) is 4.75. The molecule has 228 valence electrons. The van der Waals surface area contributed by atoms with Crippen LogP contribution in [0, 0.1) is 18.3 Å². The lowest BCUT2D eigenvalue weighted by Crippen LogP contribution is -2.55. The van der Waals surface area contributed by atoms with E-state index < -0.39 is 23.8 Å². The van der Waals surface area contributed by atoms with Crippen molar-refractivity contribution in [3.05, 3.63) is 71.3 Å². The van der Waals surface area contributed by atoms with Crippen LogP contribution in [0.1, 0.15) is 103 Å². The summed E-state index contributed by atoms with van der Waals surface area (Å²) in [7, 11) is 0. The van der Waals surface area contributed by atoms with Crippen molar-refractivity contribution >= 4 is 17.9 Å². The fourth-order valence-corrected chi connectivity index (χ4v) is 4.75. The van der Waals surface area contributed by atoms with Gasteiger partial charge in [0.2, 0.25) is 11.8 Å². The fraction of sp³-hybridized carbons (Fsp3) is 0.514. The minimum atomic E-state index is -0.980. The first kappa shape index (κ1) is 34.4. The van der Waals surface area contributed by atoms with Gasteiger partial charge >= 0.3 is 6.09 Å². The third kappa shape index (κ3) is 10.9. The van der Waals surface area contributed by atoms with Crippen molar-refractivity contribution < 1.29 is 19.1 Å². The maximum atomic E-state index is 14.5. The van der Waals surface area contributed by atoms with E-state index in [-0.39, 0.29) is 17.7 Å². The van der Waals surface area contributed by atoms with Crippen LogP contribution in [-0.2, 0) is 20.9 Å². The van der Waals surface area contributed by atoms with E-state index in [0.717, 1.165) is 31.2 Å². The summed E-state index contributed by atoms with van der Waals surface area (Å²) in [6.45, 7) is 12.0. The van der Waals surface area contributed by atoms with Gasteiger partial charge in [0.1, 0.15) is 17.7 Å². The van der Waals surface area contributed by atoms with Gasteiger partial charge in [-0.3, -0.25) is 9.59 Å². The van der Waals surface area contributed by atoms with E-state index in [1.807, 2.05) is 56.3 Å². The minimum Gasteiger partial charge on any atom is -0.444 e. The Morgan fingerprint density at radius 2 is 1.60 bits per heavy atom. The van der Waals surface area contributed by atoms with Crippen LogP contribution in [0.5, 0.6) is 0 Å². The molecule has 0 saturated carbocycles. The van der Waals surface area contributed by atoms with Crippen molar-refractivity contribution in [1.82, 2.24) is 15.5 Å². The van der Waals surface area contributed by atoms with Crippen LogP contribution in [0.15, 0.2) is 54.6 Å². The number of hydrogen-bond donors (Lipinski definition) is 2. The number of hydrogen-bond acceptors (Lipinski definition) is 4. The molecule has 0 aliphatic heterocycles. The molecule has 0 aliphatic carbocycles. The van der Waals surface area contributed by atoms with E-state index >= 15 is 0 Å². The summed E-state index contributed by atoms with van der Waals surface area (Å²) in [5, 5.41) is 5.86. The summed E-state index contributed by atoms with van der Waals surface area (Å²) in [6.07, 6.45) is 10.7. The zero-order valence-corrected chi connectivity index (χ0v) is 26.2. The van der Waals surface area contributed by atoms with Gasteiger partial charge in [0.25, 0.3) is 0 Å². The lowest BCUT2D eigenvalue weighted by atomic mass is 9.93. The number of carbonyl (C=O) groups is 3. The molecule has 0 spiro atoms. The molecule has 0 aromatic heterocycles. The Balaban J connectivity index is 2.54. The van der Waals surface area contributed by atoms with Gasteiger partial charge in [-0.05, 0) is 50.3 Å². The van der Waals surface area contributed by atoms with Crippen LogP contribution in [0.3, 0.4) is 0 Å². The third-order valence-electron chi connectivity index (χ3n) is 7.22. The molecule has 3 amide bonds. The molecule has 7 heteroatoms. The van der Waals surface area contributed by atoms with Crippen LogP contribution in [0.2, 0.25) is 0 Å². The molecule has 7 nitrogen and oxygen atoms in total. The van der Waals surface area contributed by atoms with Crippen LogP contribution < -0.4 is 10.6 Å². The molecule has 2 aromatic rings. The SMILES string of the molecule is C#Cc1ccccc1C(C(=O)NCc1ccccc1)N(CCCCCCC)C(=O)C(NC(=O)OC(C)(C)C)C(C)CC. The Morgan fingerprint density at radius 1 is 0.952 bits per heavy atom. The number of ether oxygens (including phenoxy) is 1.